The van der Waals surface area contributed by atoms with Crippen molar-refractivity contribution < 1.29 is 28.1 Å². The molecule has 1 aliphatic carbocycles. The third kappa shape index (κ3) is 5.52. The van der Waals surface area contributed by atoms with Gasteiger partial charge in [0.25, 0.3) is 0 Å². The molecule has 6 heteroatoms. The number of carbonyl (C=O) groups is 1. The quantitative estimate of drug-likeness (QED) is 0.285. The summed E-state index contributed by atoms with van der Waals surface area (Å²) >= 11 is 0. The minimum absolute atomic E-state index is 0.0599. The van der Waals surface area contributed by atoms with E-state index in [1.54, 1.807) is 0 Å². The smallest absolute Gasteiger partial charge is 0.331 e. The Hall–Kier alpha value is -2.54. The first kappa shape index (κ1) is 23.6. The maximum atomic E-state index is 13.6. The number of esters is 1. The van der Waals surface area contributed by atoms with Crippen molar-refractivity contribution in [2.45, 2.75) is 31.0 Å². The highest BCUT2D eigenvalue weighted by Crippen LogP contribution is 2.56. The van der Waals surface area contributed by atoms with Gasteiger partial charge in [0.15, 0.2) is 0 Å². The molecule has 0 aromatic heterocycles. The lowest BCUT2D eigenvalue weighted by Gasteiger charge is -2.39. The van der Waals surface area contributed by atoms with E-state index in [9.17, 15) is 9.18 Å². The van der Waals surface area contributed by atoms with Crippen LogP contribution in [0.5, 0.6) is 0 Å². The van der Waals surface area contributed by atoms with Crippen molar-refractivity contribution in [1.29, 1.82) is 0 Å². The van der Waals surface area contributed by atoms with E-state index < -0.39 is 0 Å². The summed E-state index contributed by atoms with van der Waals surface area (Å²) < 4.78 is 35.8. The number of fused-ring (bicyclic) bond motifs is 2. The molecule has 1 saturated carbocycles. The number of carbonyl (C=O) groups excluding carboxylic acids is 1. The van der Waals surface area contributed by atoms with Gasteiger partial charge in [-0.2, -0.15) is 0 Å². The first-order chi connectivity index (χ1) is 16.1. The Kier molecular flexibility index (Phi) is 7.91. The molecule has 2 aromatic carbocycles. The molecule has 0 amide bonds. The first-order valence-electron chi connectivity index (χ1n) is 11.4. The maximum Gasteiger partial charge on any atom is 0.331 e. The summed E-state index contributed by atoms with van der Waals surface area (Å²) in [4.78, 5) is 11.2. The number of methoxy groups -OCH3 is 1. The van der Waals surface area contributed by atoms with Crippen LogP contribution in [0.25, 0.3) is 0 Å². The summed E-state index contributed by atoms with van der Waals surface area (Å²) in [6.07, 6.45) is 5.92. The molecule has 33 heavy (non-hydrogen) atoms. The first-order valence-corrected chi connectivity index (χ1v) is 11.4. The molecular weight excluding hydrogens is 423 g/mol. The van der Waals surface area contributed by atoms with Gasteiger partial charge in [-0.3, -0.25) is 0 Å². The van der Waals surface area contributed by atoms with Crippen LogP contribution in [0, 0.1) is 17.7 Å². The molecule has 5 nitrogen and oxygen atoms in total. The van der Waals surface area contributed by atoms with Crippen molar-refractivity contribution in [2.24, 2.45) is 11.8 Å². The standard InChI is InChI=1S/C27H31FO5/c1-30-26(29)18-31-14-6-5-9-24-23(17-32-16-20-7-3-2-4-8-20)25-15-27(24,19-33-25)21-10-12-22(28)13-11-21/h2-8,10-13,23-25H,9,14-19H2,1H3/b6-5-/t23-,24-,25-,27-/m0/s1. The monoisotopic (exact) mass is 454 g/mol. The van der Waals surface area contributed by atoms with Gasteiger partial charge in [-0.25, -0.2) is 9.18 Å². The second-order valence-electron chi connectivity index (χ2n) is 8.79. The van der Waals surface area contributed by atoms with Crippen LogP contribution < -0.4 is 0 Å². The minimum Gasteiger partial charge on any atom is -0.467 e. The van der Waals surface area contributed by atoms with Crippen LogP contribution in [0.1, 0.15) is 24.0 Å². The second kappa shape index (κ2) is 11.1. The number of ether oxygens (including phenoxy) is 4. The molecule has 2 aliphatic rings. The fourth-order valence-corrected chi connectivity index (χ4v) is 5.22. The van der Waals surface area contributed by atoms with Gasteiger partial charge in [0, 0.05) is 11.3 Å². The fourth-order valence-electron chi connectivity index (χ4n) is 5.22. The number of hydrogen-bond acceptors (Lipinski definition) is 5. The Labute approximate surface area is 194 Å². The van der Waals surface area contributed by atoms with Crippen LogP contribution in [-0.2, 0) is 35.8 Å². The van der Waals surface area contributed by atoms with Crippen molar-refractivity contribution in [3.63, 3.8) is 0 Å². The van der Waals surface area contributed by atoms with Gasteiger partial charge < -0.3 is 18.9 Å². The molecule has 2 bridgehead atoms. The summed E-state index contributed by atoms with van der Waals surface area (Å²) in [5, 5.41) is 0. The van der Waals surface area contributed by atoms with Crippen molar-refractivity contribution in [2.75, 3.05) is 33.5 Å². The Morgan fingerprint density at radius 2 is 1.91 bits per heavy atom. The van der Waals surface area contributed by atoms with Gasteiger partial charge in [0.2, 0.25) is 0 Å². The summed E-state index contributed by atoms with van der Waals surface area (Å²) in [6.45, 7) is 2.10. The Balaban J connectivity index is 1.44. The van der Waals surface area contributed by atoms with E-state index in [0.717, 1.165) is 24.0 Å². The Morgan fingerprint density at radius 3 is 2.67 bits per heavy atom. The summed E-state index contributed by atoms with van der Waals surface area (Å²) in [6, 6.07) is 17.0. The Bertz CT molecular complexity index is 929. The highest BCUT2D eigenvalue weighted by Gasteiger charge is 2.59. The molecule has 4 atom stereocenters. The van der Waals surface area contributed by atoms with Crippen molar-refractivity contribution in [3.8, 4) is 0 Å². The van der Waals surface area contributed by atoms with E-state index >= 15 is 0 Å². The molecule has 2 aromatic rings. The molecule has 2 fully saturated rings. The van der Waals surface area contributed by atoms with Crippen LogP contribution >= 0.6 is 0 Å². The van der Waals surface area contributed by atoms with Crippen LogP contribution in [-0.4, -0.2) is 45.6 Å². The molecule has 0 spiro atoms. The van der Waals surface area contributed by atoms with Crippen molar-refractivity contribution in [1.82, 2.24) is 0 Å². The van der Waals surface area contributed by atoms with E-state index in [4.69, 9.17) is 14.2 Å². The van der Waals surface area contributed by atoms with Crippen molar-refractivity contribution in [3.05, 3.63) is 83.7 Å². The number of allylic oxidation sites excluding steroid dienone is 1. The normalized spacial score (nSPS) is 26.2. The molecule has 0 N–H and O–H groups in total. The fraction of sp³-hybridized carbons (Fsp3) is 0.444. The molecule has 1 saturated heterocycles. The summed E-state index contributed by atoms with van der Waals surface area (Å²) in [7, 11) is 1.34. The maximum absolute atomic E-state index is 13.6. The van der Waals surface area contributed by atoms with E-state index in [-0.39, 0.29) is 35.8 Å². The second-order valence-corrected chi connectivity index (χ2v) is 8.79. The van der Waals surface area contributed by atoms with E-state index in [1.165, 1.54) is 19.2 Å². The van der Waals surface area contributed by atoms with Crippen LogP contribution in [0.2, 0.25) is 0 Å². The lowest BCUT2D eigenvalue weighted by atomic mass is 9.69. The van der Waals surface area contributed by atoms with E-state index in [2.05, 4.69) is 22.9 Å². The highest BCUT2D eigenvalue weighted by atomic mass is 19.1. The molecule has 4 rings (SSSR count). The summed E-state index contributed by atoms with van der Waals surface area (Å²) in [5.74, 6) is -0.0763. The van der Waals surface area contributed by atoms with Crippen LogP contribution in [0.15, 0.2) is 66.7 Å². The molecule has 1 heterocycles. The largest absolute Gasteiger partial charge is 0.467 e. The molecular formula is C27H31FO5. The molecule has 1 aliphatic heterocycles. The topological polar surface area (TPSA) is 54.0 Å². The molecule has 0 unspecified atom stereocenters. The number of benzene rings is 2. The van der Waals surface area contributed by atoms with Gasteiger partial charge in [-0.1, -0.05) is 54.6 Å². The molecule has 0 radical (unpaired) electrons. The van der Waals surface area contributed by atoms with Gasteiger partial charge in [-0.15, -0.1) is 0 Å². The third-order valence-corrected chi connectivity index (χ3v) is 6.88. The van der Waals surface area contributed by atoms with E-state index in [0.29, 0.717) is 32.3 Å². The predicted octanol–water partition coefficient (Wildman–Crippen LogP) is 4.45. The Morgan fingerprint density at radius 1 is 1.12 bits per heavy atom. The van der Waals surface area contributed by atoms with Crippen LogP contribution in [0.3, 0.4) is 0 Å². The van der Waals surface area contributed by atoms with Gasteiger partial charge in [0.1, 0.15) is 12.4 Å². The zero-order valence-corrected chi connectivity index (χ0v) is 19.0. The minimum atomic E-state index is -0.389. The van der Waals surface area contributed by atoms with Gasteiger partial charge in [0.05, 0.1) is 39.6 Å². The third-order valence-electron chi connectivity index (χ3n) is 6.88. The average molecular weight is 455 g/mol. The molecule has 176 valence electrons. The zero-order chi connectivity index (χ0) is 23.1. The lowest BCUT2D eigenvalue weighted by Crippen LogP contribution is -2.41. The van der Waals surface area contributed by atoms with Crippen molar-refractivity contribution >= 4 is 5.97 Å². The van der Waals surface area contributed by atoms with Gasteiger partial charge >= 0.3 is 5.97 Å². The lowest BCUT2D eigenvalue weighted by molar-refractivity contribution is -0.145. The van der Waals surface area contributed by atoms with Crippen LogP contribution in [0.4, 0.5) is 4.39 Å². The van der Waals surface area contributed by atoms with Gasteiger partial charge in [-0.05, 0) is 42.0 Å². The number of hydrogen-bond donors (Lipinski definition) is 0. The average Bonchev–Trinajstić information content (AvgIpc) is 3.40. The highest BCUT2D eigenvalue weighted by molar-refractivity contribution is 5.70. The SMILES string of the molecule is COC(=O)COC/C=C\C[C@H]1[C@H](COCc2ccccc2)[C@@H]2C[C@@]1(c1ccc(F)cc1)CO2. The predicted molar refractivity (Wildman–Crippen MR) is 122 cm³/mol. The number of halogens is 1. The summed E-state index contributed by atoms with van der Waals surface area (Å²) in [5.41, 5.74) is 2.11. The number of rotatable bonds is 11. The zero-order valence-electron chi connectivity index (χ0n) is 19.0. The van der Waals surface area contributed by atoms with E-state index in [1.807, 2.05) is 36.4 Å².